The minimum atomic E-state index is -0.105. The topological polar surface area (TPSA) is 102 Å². The minimum Gasteiger partial charge on any atom is -0.467 e. The zero-order chi connectivity index (χ0) is 20.0. The zero-order valence-corrected chi connectivity index (χ0v) is 17.7. The molecule has 0 radical (unpaired) electrons. The monoisotopic (exact) mass is 428 g/mol. The van der Waals surface area contributed by atoms with Gasteiger partial charge in [-0.15, -0.1) is 16.4 Å². The summed E-state index contributed by atoms with van der Waals surface area (Å²) in [4.78, 5) is 22.8. The van der Waals surface area contributed by atoms with Gasteiger partial charge in [0.2, 0.25) is 5.16 Å². The van der Waals surface area contributed by atoms with Gasteiger partial charge in [-0.1, -0.05) is 18.7 Å². The standard InChI is InChI=1S/C19H20N6O2S2/c1-10-5-6-13-14(8-10)29-18-15(13)17(26)20-16(21-18)11(2)28-19-22-23-24-25(19)9-12-4-3-7-27-12/h3-4,7,10-11H,5-6,8-9H2,1-2H3,(H,20,21,26)/t10-,11+/m1/s1. The van der Waals surface area contributed by atoms with Crippen LogP contribution in [0.5, 0.6) is 0 Å². The molecule has 8 nitrogen and oxygen atoms in total. The first-order valence-corrected chi connectivity index (χ1v) is 11.3. The Morgan fingerprint density at radius 1 is 1.48 bits per heavy atom. The SMILES string of the molecule is C[C@@H]1CCc2c(sc3nc([C@H](C)Sc4nnnn4Cc4ccco4)[nH]c(=O)c23)C1. The van der Waals surface area contributed by atoms with Gasteiger partial charge in [0, 0.05) is 4.88 Å². The molecule has 1 N–H and O–H groups in total. The van der Waals surface area contributed by atoms with Crippen molar-refractivity contribution in [2.45, 2.75) is 50.1 Å². The van der Waals surface area contributed by atoms with Crippen LogP contribution in [-0.2, 0) is 19.4 Å². The van der Waals surface area contributed by atoms with Crippen molar-refractivity contribution in [1.82, 2.24) is 30.2 Å². The van der Waals surface area contributed by atoms with Crippen LogP contribution in [0.3, 0.4) is 0 Å². The van der Waals surface area contributed by atoms with Gasteiger partial charge in [0.15, 0.2) is 0 Å². The van der Waals surface area contributed by atoms with E-state index in [9.17, 15) is 4.79 Å². The number of aromatic amines is 1. The van der Waals surface area contributed by atoms with E-state index in [1.165, 1.54) is 22.2 Å². The van der Waals surface area contributed by atoms with Crippen molar-refractivity contribution in [2.24, 2.45) is 5.92 Å². The van der Waals surface area contributed by atoms with Crippen LogP contribution in [0.1, 0.15) is 47.5 Å². The van der Waals surface area contributed by atoms with E-state index in [-0.39, 0.29) is 10.8 Å². The number of aryl methyl sites for hydroxylation is 1. The molecule has 0 aromatic carbocycles. The molecule has 0 saturated carbocycles. The number of furan rings is 1. The fourth-order valence-corrected chi connectivity index (χ4v) is 5.94. The normalized spacial score (nSPS) is 17.5. The van der Waals surface area contributed by atoms with E-state index in [0.29, 0.717) is 23.4 Å². The van der Waals surface area contributed by atoms with E-state index in [1.54, 1.807) is 22.3 Å². The number of nitrogens with one attached hydrogen (secondary N) is 1. The molecule has 1 aliphatic carbocycles. The van der Waals surface area contributed by atoms with E-state index >= 15 is 0 Å². The molecule has 4 heterocycles. The number of H-pyrrole nitrogens is 1. The first-order valence-electron chi connectivity index (χ1n) is 9.58. The summed E-state index contributed by atoms with van der Waals surface area (Å²) >= 11 is 3.13. The Morgan fingerprint density at radius 3 is 3.21 bits per heavy atom. The molecule has 4 aromatic rings. The average molecular weight is 429 g/mol. The summed E-state index contributed by atoms with van der Waals surface area (Å²) in [5.41, 5.74) is 1.16. The molecule has 150 valence electrons. The largest absolute Gasteiger partial charge is 0.467 e. The lowest BCUT2D eigenvalue weighted by Crippen LogP contribution is -2.15. The van der Waals surface area contributed by atoms with Gasteiger partial charge in [0.25, 0.3) is 5.56 Å². The highest BCUT2D eigenvalue weighted by molar-refractivity contribution is 7.99. The maximum Gasteiger partial charge on any atom is 0.259 e. The summed E-state index contributed by atoms with van der Waals surface area (Å²) in [6.07, 6.45) is 4.76. The molecule has 0 bridgehead atoms. The van der Waals surface area contributed by atoms with Crippen molar-refractivity contribution in [3.8, 4) is 0 Å². The molecule has 4 aromatic heterocycles. The Kier molecular flexibility index (Phi) is 4.75. The van der Waals surface area contributed by atoms with Crippen molar-refractivity contribution >= 4 is 33.3 Å². The number of rotatable bonds is 5. The Morgan fingerprint density at radius 2 is 2.38 bits per heavy atom. The van der Waals surface area contributed by atoms with Crippen LogP contribution in [0, 0.1) is 5.92 Å². The third-order valence-electron chi connectivity index (χ3n) is 5.24. The maximum atomic E-state index is 12.8. The Bertz CT molecular complexity index is 1210. The van der Waals surface area contributed by atoms with Crippen LogP contribution in [0.25, 0.3) is 10.2 Å². The summed E-state index contributed by atoms with van der Waals surface area (Å²) in [7, 11) is 0. The highest BCUT2D eigenvalue weighted by atomic mass is 32.2. The Labute approximate surface area is 174 Å². The van der Waals surface area contributed by atoms with Crippen LogP contribution in [0.4, 0.5) is 0 Å². The van der Waals surface area contributed by atoms with Gasteiger partial charge in [-0.05, 0) is 60.2 Å². The molecule has 1 aliphatic rings. The molecule has 0 saturated heterocycles. The lowest BCUT2D eigenvalue weighted by Gasteiger charge is -2.17. The van der Waals surface area contributed by atoms with Crippen molar-refractivity contribution in [3.05, 3.63) is 50.8 Å². The van der Waals surface area contributed by atoms with E-state index < -0.39 is 0 Å². The number of hydrogen-bond acceptors (Lipinski definition) is 8. The lowest BCUT2D eigenvalue weighted by molar-refractivity contribution is 0.462. The van der Waals surface area contributed by atoms with Gasteiger partial charge >= 0.3 is 0 Å². The number of hydrogen-bond donors (Lipinski definition) is 1. The van der Waals surface area contributed by atoms with Gasteiger partial charge in [0.05, 0.1) is 16.9 Å². The lowest BCUT2D eigenvalue weighted by atomic mass is 9.89. The fourth-order valence-electron chi connectivity index (χ4n) is 3.70. The molecule has 0 unspecified atom stereocenters. The van der Waals surface area contributed by atoms with Crippen LogP contribution in [0.2, 0.25) is 0 Å². The van der Waals surface area contributed by atoms with Crippen LogP contribution in [0.15, 0.2) is 32.8 Å². The van der Waals surface area contributed by atoms with Crippen LogP contribution >= 0.6 is 23.1 Å². The number of thioether (sulfide) groups is 1. The number of fused-ring (bicyclic) bond motifs is 3. The molecule has 0 fully saturated rings. The zero-order valence-electron chi connectivity index (χ0n) is 16.1. The highest BCUT2D eigenvalue weighted by Gasteiger charge is 2.24. The van der Waals surface area contributed by atoms with Crippen molar-refractivity contribution in [2.75, 3.05) is 0 Å². The van der Waals surface area contributed by atoms with Gasteiger partial charge in [-0.3, -0.25) is 4.79 Å². The second-order valence-electron chi connectivity index (χ2n) is 7.44. The van der Waals surface area contributed by atoms with Gasteiger partial charge in [-0.2, -0.15) is 0 Å². The summed E-state index contributed by atoms with van der Waals surface area (Å²) in [5, 5.41) is 13.3. The maximum absolute atomic E-state index is 12.8. The number of tetrazole rings is 1. The summed E-state index contributed by atoms with van der Waals surface area (Å²) in [6, 6.07) is 3.71. The molecular formula is C19H20N6O2S2. The van der Waals surface area contributed by atoms with Gasteiger partial charge in [-0.25, -0.2) is 9.67 Å². The molecule has 0 amide bonds. The van der Waals surface area contributed by atoms with E-state index in [1.807, 2.05) is 19.1 Å². The second-order valence-corrected chi connectivity index (χ2v) is 9.83. The first kappa shape index (κ1) is 18.6. The number of thiophene rings is 1. The Hall–Kier alpha value is -2.46. The summed E-state index contributed by atoms with van der Waals surface area (Å²) in [6.45, 7) is 4.71. The molecule has 0 aliphatic heterocycles. The van der Waals surface area contributed by atoms with E-state index in [4.69, 9.17) is 9.40 Å². The van der Waals surface area contributed by atoms with Crippen molar-refractivity contribution in [1.29, 1.82) is 0 Å². The minimum absolute atomic E-state index is 0.0420. The molecular weight excluding hydrogens is 408 g/mol. The first-order chi connectivity index (χ1) is 14.1. The van der Waals surface area contributed by atoms with Crippen molar-refractivity contribution < 1.29 is 4.42 Å². The molecule has 5 rings (SSSR count). The van der Waals surface area contributed by atoms with Crippen LogP contribution in [-0.4, -0.2) is 30.2 Å². The van der Waals surface area contributed by atoms with Gasteiger partial charge in [0.1, 0.15) is 23.0 Å². The quantitative estimate of drug-likeness (QED) is 0.485. The highest BCUT2D eigenvalue weighted by Crippen LogP contribution is 2.37. The molecule has 29 heavy (non-hydrogen) atoms. The van der Waals surface area contributed by atoms with Crippen LogP contribution < -0.4 is 5.56 Å². The Balaban J connectivity index is 1.43. The third-order valence-corrected chi connectivity index (χ3v) is 7.46. The second kappa shape index (κ2) is 7.42. The predicted molar refractivity (Wildman–Crippen MR) is 111 cm³/mol. The smallest absolute Gasteiger partial charge is 0.259 e. The molecule has 0 spiro atoms. The number of aromatic nitrogens is 6. The third kappa shape index (κ3) is 3.51. The van der Waals surface area contributed by atoms with E-state index in [2.05, 4.69) is 27.4 Å². The summed E-state index contributed by atoms with van der Waals surface area (Å²) in [5.74, 6) is 2.08. The molecule has 2 atom stereocenters. The van der Waals surface area contributed by atoms with Crippen molar-refractivity contribution in [3.63, 3.8) is 0 Å². The fraction of sp³-hybridized carbons (Fsp3) is 0.421. The molecule has 10 heteroatoms. The average Bonchev–Trinajstić information content (AvgIpc) is 3.42. The predicted octanol–water partition coefficient (Wildman–Crippen LogP) is 3.59. The number of nitrogens with zero attached hydrogens (tertiary/aromatic N) is 5. The van der Waals surface area contributed by atoms with Gasteiger partial charge < -0.3 is 9.40 Å². The van der Waals surface area contributed by atoms with E-state index in [0.717, 1.165) is 35.2 Å². The summed E-state index contributed by atoms with van der Waals surface area (Å²) < 4.78 is 7.06.